The quantitative estimate of drug-likeness (QED) is 0.930. The van der Waals surface area contributed by atoms with Gasteiger partial charge in [0.05, 0.1) is 18.3 Å². The summed E-state index contributed by atoms with van der Waals surface area (Å²) >= 11 is 0. The third-order valence-electron chi connectivity index (χ3n) is 3.99. The molecular formula is C16H21N3O. The van der Waals surface area contributed by atoms with Crippen LogP contribution in [0.3, 0.4) is 0 Å². The molecule has 1 fully saturated rings. The number of nitrogens with one attached hydrogen (secondary N) is 1. The molecule has 1 atom stereocenters. The number of hydrogen-bond donors (Lipinski definition) is 1. The molecule has 1 saturated heterocycles. The first-order valence-electron chi connectivity index (χ1n) is 7.19. The summed E-state index contributed by atoms with van der Waals surface area (Å²) in [5.41, 5.74) is 1.32. The molecule has 1 unspecified atom stereocenters. The SMILES string of the molecule is CC1(c2ccccc2)CN(Cc2ccno2)CCCN1. The zero-order valence-electron chi connectivity index (χ0n) is 11.9. The molecule has 3 rings (SSSR count). The van der Waals surface area contributed by atoms with Crippen molar-refractivity contribution in [2.24, 2.45) is 0 Å². The molecule has 4 heteroatoms. The van der Waals surface area contributed by atoms with Crippen LogP contribution >= 0.6 is 0 Å². The van der Waals surface area contributed by atoms with Crippen LogP contribution in [-0.2, 0) is 12.1 Å². The van der Waals surface area contributed by atoms with Crippen molar-refractivity contribution in [2.45, 2.75) is 25.4 Å². The molecule has 0 saturated carbocycles. The highest BCUT2D eigenvalue weighted by molar-refractivity contribution is 5.24. The highest BCUT2D eigenvalue weighted by atomic mass is 16.5. The Morgan fingerprint density at radius 2 is 2.15 bits per heavy atom. The average Bonchev–Trinajstić information content (AvgIpc) is 2.90. The normalized spacial score (nSPS) is 24.4. The number of rotatable bonds is 3. The molecule has 1 N–H and O–H groups in total. The molecule has 4 nitrogen and oxygen atoms in total. The molecule has 1 aliphatic rings. The van der Waals surface area contributed by atoms with Gasteiger partial charge in [0.25, 0.3) is 0 Å². The number of hydrogen-bond acceptors (Lipinski definition) is 4. The summed E-state index contributed by atoms with van der Waals surface area (Å²) in [6, 6.07) is 12.6. The van der Waals surface area contributed by atoms with Gasteiger partial charge in [-0.1, -0.05) is 35.5 Å². The maximum absolute atomic E-state index is 5.24. The van der Waals surface area contributed by atoms with E-state index in [0.29, 0.717) is 0 Å². The van der Waals surface area contributed by atoms with E-state index in [1.807, 2.05) is 6.07 Å². The highest BCUT2D eigenvalue weighted by Crippen LogP contribution is 2.24. The fraction of sp³-hybridized carbons (Fsp3) is 0.438. The van der Waals surface area contributed by atoms with Crippen LogP contribution in [0.25, 0.3) is 0 Å². The van der Waals surface area contributed by atoms with Crippen molar-refractivity contribution in [3.05, 3.63) is 53.9 Å². The van der Waals surface area contributed by atoms with Gasteiger partial charge in [-0.3, -0.25) is 4.90 Å². The maximum atomic E-state index is 5.24. The lowest BCUT2D eigenvalue weighted by molar-refractivity contribution is 0.193. The van der Waals surface area contributed by atoms with Gasteiger partial charge in [0.1, 0.15) is 0 Å². The summed E-state index contributed by atoms with van der Waals surface area (Å²) in [4.78, 5) is 2.44. The van der Waals surface area contributed by atoms with Crippen molar-refractivity contribution < 1.29 is 4.52 Å². The molecule has 0 spiro atoms. The zero-order chi connectivity index (χ0) is 13.8. The molecule has 2 heterocycles. The Bertz CT molecular complexity index is 526. The molecule has 1 aliphatic heterocycles. The summed E-state index contributed by atoms with van der Waals surface area (Å²) < 4.78 is 5.24. The Balaban J connectivity index is 1.78. The molecule has 1 aromatic carbocycles. The average molecular weight is 271 g/mol. The lowest BCUT2D eigenvalue weighted by Crippen LogP contribution is -2.46. The molecule has 1 aromatic heterocycles. The first-order valence-corrected chi connectivity index (χ1v) is 7.19. The van der Waals surface area contributed by atoms with Crippen LogP contribution in [0.2, 0.25) is 0 Å². The molecule has 0 amide bonds. The van der Waals surface area contributed by atoms with Crippen LogP contribution in [0.4, 0.5) is 0 Å². The van der Waals surface area contributed by atoms with E-state index in [0.717, 1.165) is 38.4 Å². The van der Waals surface area contributed by atoms with Crippen LogP contribution in [-0.4, -0.2) is 29.7 Å². The molecule has 106 valence electrons. The molecule has 0 bridgehead atoms. The van der Waals surface area contributed by atoms with E-state index in [2.05, 4.69) is 52.6 Å². The van der Waals surface area contributed by atoms with Gasteiger partial charge < -0.3 is 9.84 Å². The minimum absolute atomic E-state index is 0.0161. The van der Waals surface area contributed by atoms with E-state index in [1.54, 1.807) is 6.20 Å². The van der Waals surface area contributed by atoms with Crippen LogP contribution in [0, 0.1) is 0 Å². The Hall–Kier alpha value is -1.65. The monoisotopic (exact) mass is 271 g/mol. The Morgan fingerprint density at radius 3 is 2.90 bits per heavy atom. The van der Waals surface area contributed by atoms with E-state index in [-0.39, 0.29) is 5.54 Å². The Morgan fingerprint density at radius 1 is 1.30 bits per heavy atom. The lowest BCUT2D eigenvalue weighted by atomic mass is 9.91. The van der Waals surface area contributed by atoms with E-state index in [9.17, 15) is 0 Å². The fourth-order valence-corrected chi connectivity index (χ4v) is 2.93. The second-order valence-corrected chi connectivity index (χ2v) is 5.67. The Kier molecular flexibility index (Phi) is 3.85. The Labute approximate surface area is 119 Å². The predicted molar refractivity (Wildman–Crippen MR) is 78.2 cm³/mol. The maximum Gasteiger partial charge on any atom is 0.150 e. The first-order chi connectivity index (χ1) is 9.76. The summed E-state index contributed by atoms with van der Waals surface area (Å²) in [6.07, 6.45) is 2.86. The second kappa shape index (κ2) is 5.77. The molecule has 20 heavy (non-hydrogen) atoms. The third-order valence-corrected chi connectivity index (χ3v) is 3.99. The van der Waals surface area contributed by atoms with E-state index >= 15 is 0 Å². The largest absolute Gasteiger partial charge is 0.360 e. The van der Waals surface area contributed by atoms with Gasteiger partial charge in [-0.2, -0.15) is 0 Å². The highest BCUT2D eigenvalue weighted by Gasteiger charge is 2.30. The van der Waals surface area contributed by atoms with Crippen LogP contribution in [0.15, 0.2) is 47.1 Å². The van der Waals surface area contributed by atoms with Crippen LogP contribution in [0.5, 0.6) is 0 Å². The van der Waals surface area contributed by atoms with Gasteiger partial charge in [-0.15, -0.1) is 0 Å². The number of benzene rings is 1. The molecule has 0 aliphatic carbocycles. The fourth-order valence-electron chi connectivity index (χ4n) is 2.93. The summed E-state index contributed by atoms with van der Waals surface area (Å²) in [7, 11) is 0. The van der Waals surface area contributed by atoms with Gasteiger partial charge in [-0.05, 0) is 32.0 Å². The van der Waals surface area contributed by atoms with Crippen molar-refractivity contribution in [3.63, 3.8) is 0 Å². The number of aromatic nitrogens is 1. The van der Waals surface area contributed by atoms with Gasteiger partial charge in [-0.25, -0.2) is 0 Å². The van der Waals surface area contributed by atoms with Crippen molar-refractivity contribution >= 4 is 0 Å². The van der Waals surface area contributed by atoms with E-state index in [1.165, 1.54) is 5.56 Å². The smallest absolute Gasteiger partial charge is 0.150 e. The van der Waals surface area contributed by atoms with Crippen LogP contribution < -0.4 is 5.32 Å². The first kappa shape index (κ1) is 13.3. The van der Waals surface area contributed by atoms with Crippen molar-refractivity contribution in [1.82, 2.24) is 15.4 Å². The summed E-state index contributed by atoms with van der Waals surface area (Å²) in [6.45, 7) is 6.19. The minimum Gasteiger partial charge on any atom is -0.360 e. The van der Waals surface area contributed by atoms with Crippen molar-refractivity contribution in [1.29, 1.82) is 0 Å². The van der Waals surface area contributed by atoms with Crippen molar-refractivity contribution in [2.75, 3.05) is 19.6 Å². The third kappa shape index (κ3) is 2.92. The topological polar surface area (TPSA) is 41.3 Å². The van der Waals surface area contributed by atoms with Gasteiger partial charge in [0.2, 0.25) is 0 Å². The summed E-state index contributed by atoms with van der Waals surface area (Å²) in [5, 5.41) is 7.48. The van der Waals surface area contributed by atoms with Crippen molar-refractivity contribution in [3.8, 4) is 0 Å². The predicted octanol–water partition coefficient (Wildman–Crippen LogP) is 2.39. The summed E-state index contributed by atoms with van der Waals surface area (Å²) in [5.74, 6) is 0.933. The van der Waals surface area contributed by atoms with Gasteiger partial charge >= 0.3 is 0 Å². The number of nitrogens with zero attached hydrogens (tertiary/aromatic N) is 2. The standard InChI is InChI=1S/C16H21N3O/c1-16(14-6-3-2-4-7-14)13-19(11-5-9-17-16)12-15-8-10-18-20-15/h2-4,6-8,10,17H,5,9,11-13H2,1H3. The van der Waals surface area contributed by atoms with Gasteiger partial charge in [0, 0.05) is 12.6 Å². The van der Waals surface area contributed by atoms with Gasteiger partial charge in [0.15, 0.2) is 5.76 Å². The van der Waals surface area contributed by atoms with E-state index in [4.69, 9.17) is 4.52 Å². The molecule has 0 radical (unpaired) electrons. The van der Waals surface area contributed by atoms with Crippen LogP contribution in [0.1, 0.15) is 24.7 Å². The van der Waals surface area contributed by atoms with E-state index < -0.39 is 0 Å². The second-order valence-electron chi connectivity index (χ2n) is 5.67. The minimum atomic E-state index is -0.0161. The lowest BCUT2D eigenvalue weighted by Gasteiger charge is -2.33. The molecule has 2 aromatic rings. The molecular weight excluding hydrogens is 250 g/mol. The zero-order valence-corrected chi connectivity index (χ0v) is 11.9.